The lowest BCUT2D eigenvalue weighted by Gasteiger charge is -2.22. The number of hydrogen-bond acceptors (Lipinski definition) is 5. The summed E-state index contributed by atoms with van der Waals surface area (Å²) in [4.78, 5) is 52.6. The third-order valence-corrected chi connectivity index (χ3v) is 4.92. The number of terminal acetylenes is 1. The van der Waals surface area contributed by atoms with Crippen molar-refractivity contribution in [2.75, 3.05) is 33.3 Å². The van der Waals surface area contributed by atoms with Gasteiger partial charge in [-0.3, -0.25) is 19.2 Å². The molecule has 0 radical (unpaired) electrons. The van der Waals surface area contributed by atoms with Gasteiger partial charge in [0.05, 0.1) is 26.1 Å². The number of hydrogen-bond donors (Lipinski definition) is 3. The van der Waals surface area contributed by atoms with Gasteiger partial charge in [-0.1, -0.05) is 26.8 Å². The molecule has 9 heteroatoms. The molecule has 0 aliphatic carbocycles. The second-order valence-electron chi connectivity index (χ2n) is 8.66. The Balaban J connectivity index is 0.000000945. The summed E-state index contributed by atoms with van der Waals surface area (Å²) in [5, 5.41) is 5.96. The summed E-state index contributed by atoms with van der Waals surface area (Å²) >= 11 is 0. The van der Waals surface area contributed by atoms with Gasteiger partial charge in [0.1, 0.15) is 11.4 Å². The number of benzene rings is 1. The van der Waals surface area contributed by atoms with Crippen molar-refractivity contribution in [3.05, 3.63) is 30.0 Å². The summed E-state index contributed by atoms with van der Waals surface area (Å²) in [6, 6.07) is 7.02. The molecule has 1 aromatic heterocycles. The Hall–Kier alpha value is -3.80. The van der Waals surface area contributed by atoms with Crippen LogP contribution >= 0.6 is 0 Å². The normalized spacial score (nSPS) is 14.6. The Morgan fingerprint density at radius 2 is 2.00 bits per heavy atom. The maximum atomic E-state index is 12.4. The summed E-state index contributed by atoms with van der Waals surface area (Å²) in [7, 11) is 1.54. The number of ketones is 1. The van der Waals surface area contributed by atoms with Crippen molar-refractivity contribution in [2.24, 2.45) is 11.8 Å². The molecule has 3 amide bonds. The van der Waals surface area contributed by atoms with Gasteiger partial charge in [-0.25, -0.2) is 0 Å². The molecular weight excluding hydrogens is 436 g/mol. The number of rotatable bonds is 8. The third kappa shape index (κ3) is 7.37. The fraction of sp³-hybridized carbons (Fsp3) is 0.440. The van der Waals surface area contributed by atoms with Gasteiger partial charge >= 0.3 is 0 Å². The molecule has 0 bridgehead atoms. The molecule has 1 aliphatic rings. The molecule has 1 atom stereocenters. The molecule has 182 valence electrons. The molecule has 34 heavy (non-hydrogen) atoms. The van der Waals surface area contributed by atoms with Gasteiger partial charge in [-0.2, -0.15) is 0 Å². The first kappa shape index (κ1) is 26.5. The van der Waals surface area contributed by atoms with E-state index in [0.29, 0.717) is 18.7 Å². The minimum Gasteiger partial charge on any atom is -0.496 e. The number of nitrogens with zero attached hydrogens (tertiary/aromatic N) is 1. The van der Waals surface area contributed by atoms with Crippen molar-refractivity contribution in [2.45, 2.75) is 27.2 Å². The van der Waals surface area contributed by atoms with Crippen LogP contribution in [-0.2, 0) is 14.4 Å². The van der Waals surface area contributed by atoms with Crippen molar-refractivity contribution in [3.63, 3.8) is 0 Å². The molecular formula is C25H32N4O5. The number of carbonyl (C=O) groups excluding carboxylic acids is 4. The van der Waals surface area contributed by atoms with Gasteiger partial charge in [0.25, 0.3) is 11.8 Å². The van der Waals surface area contributed by atoms with E-state index >= 15 is 0 Å². The van der Waals surface area contributed by atoms with Gasteiger partial charge < -0.3 is 25.3 Å². The second-order valence-corrected chi connectivity index (χ2v) is 8.66. The van der Waals surface area contributed by atoms with Crippen LogP contribution in [0.1, 0.15) is 37.7 Å². The molecule has 1 unspecified atom stereocenters. The smallest absolute Gasteiger partial charge is 0.298 e. The van der Waals surface area contributed by atoms with E-state index < -0.39 is 23.5 Å². The highest BCUT2D eigenvalue weighted by Crippen LogP contribution is 2.25. The molecule has 3 N–H and O–H groups in total. The van der Waals surface area contributed by atoms with Crippen LogP contribution in [0.4, 0.5) is 0 Å². The number of aromatic amines is 1. The van der Waals surface area contributed by atoms with E-state index in [1.807, 2.05) is 12.0 Å². The van der Waals surface area contributed by atoms with Crippen LogP contribution in [0.25, 0.3) is 10.9 Å². The highest BCUT2D eigenvalue weighted by atomic mass is 16.5. The van der Waals surface area contributed by atoms with Gasteiger partial charge in [-0.05, 0) is 36.5 Å². The van der Waals surface area contributed by atoms with Crippen molar-refractivity contribution < 1.29 is 23.9 Å². The van der Waals surface area contributed by atoms with Crippen LogP contribution in [-0.4, -0.2) is 66.7 Å². The van der Waals surface area contributed by atoms with E-state index in [9.17, 15) is 19.2 Å². The Labute approximate surface area is 199 Å². The predicted molar refractivity (Wildman–Crippen MR) is 129 cm³/mol. The minimum absolute atomic E-state index is 0.0658. The summed E-state index contributed by atoms with van der Waals surface area (Å²) in [5.74, 6) is 1.33. The van der Waals surface area contributed by atoms with E-state index in [1.165, 1.54) is 0 Å². The van der Waals surface area contributed by atoms with Crippen LogP contribution in [0.5, 0.6) is 5.75 Å². The molecule has 9 nitrogen and oxygen atoms in total. The van der Waals surface area contributed by atoms with E-state index in [-0.39, 0.29) is 31.2 Å². The first-order valence-electron chi connectivity index (χ1n) is 11.1. The SMILES string of the molecule is C#CC(=O)N(CC(=O)CNC(=O)c1cc2c(OC)cccc2[nH]1)CC1CCNC1=O.CC(C)C. The molecule has 2 aromatic rings. The summed E-state index contributed by atoms with van der Waals surface area (Å²) in [5.41, 5.74) is 1.01. The molecule has 1 saturated heterocycles. The number of H-pyrrole nitrogens is 1. The number of fused-ring (bicyclic) bond motifs is 1. The van der Waals surface area contributed by atoms with Crippen LogP contribution in [0.3, 0.4) is 0 Å². The van der Waals surface area contributed by atoms with E-state index in [0.717, 1.165) is 21.7 Å². The van der Waals surface area contributed by atoms with Gasteiger partial charge in [-0.15, -0.1) is 6.42 Å². The van der Waals surface area contributed by atoms with E-state index in [4.69, 9.17) is 11.2 Å². The van der Waals surface area contributed by atoms with Crippen molar-refractivity contribution in [1.82, 2.24) is 20.5 Å². The molecule has 3 rings (SSSR count). The molecule has 1 fully saturated rings. The first-order valence-corrected chi connectivity index (χ1v) is 11.1. The second kappa shape index (κ2) is 12.4. The number of aromatic nitrogens is 1. The van der Waals surface area contributed by atoms with Crippen LogP contribution < -0.4 is 15.4 Å². The van der Waals surface area contributed by atoms with Crippen LogP contribution in [0.15, 0.2) is 24.3 Å². The molecule has 0 saturated carbocycles. The number of carbonyl (C=O) groups is 4. The Bertz CT molecular complexity index is 1080. The molecule has 0 spiro atoms. The zero-order chi connectivity index (χ0) is 25.3. The summed E-state index contributed by atoms with van der Waals surface area (Å²) in [6.07, 6.45) is 5.75. The predicted octanol–water partition coefficient (Wildman–Crippen LogP) is 1.74. The number of methoxy groups -OCH3 is 1. The number of Topliss-reactive ketones (excluding diaryl/α,β-unsaturated/α-hetero) is 1. The maximum absolute atomic E-state index is 12.4. The first-order chi connectivity index (χ1) is 16.2. The lowest BCUT2D eigenvalue weighted by molar-refractivity contribution is -0.132. The van der Waals surface area contributed by atoms with E-state index in [2.05, 4.69) is 36.4 Å². The fourth-order valence-electron chi connectivity index (χ4n) is 3.37. The fourth-order valence-corrected chi connectivity index (χ4v) is 3.37. The zero-order valence-electron chi connectivity index (χ0n) is 20.1. The van der Waals surface area contributed by atoms with Gasteiger partial charge in [0.2, 0.25) is 5.91 Å². The monoisotopic (exact) mass is 468 g/mol. The quantitative estimate of drug-likeness (QED) is 0.510. The van der Waals surface area contributed by atoms with Gasteiger partial charge in [0, 0.05) is 24.0 Å². The Morgan fingerprint density at radius 1 is 1.29 bits per heavy atom. The average Bonchev–Trinajstić information content (AvgIpc) is 3.42. The average molecular weight is 469 g/mol. The number of amides is 3. The lowest BCUT2D eigenvalue weighted by Crippen LogP contribution is -2.43. The highest BCUT2D eigenvalue weighted by molar-refractivity contribution is 6.02. The Morgan fingerprint density at radius 3 is 2.59 bits per heavy atom. The summed E-state index contributed by atoms with van der Waals surface area (Å²) < 4.78 is 5.27. The molecule has 2 heterocycles. The van der Waals surface area contributed by atoms with Crippen molar-refractivity contribution >= 4 is 34.4 Å². The maximum Gasteiger partial charge on any atom is 0.298 e. The highest BCUT2D eigenvalue weighted by Gasteiger charge is 2.28. The molecule has 1 aliphatic heterocycles. The zero-order valence-corrected chi connectivity index (χ0v) is 20.1. The number of nitrogens with one attached hydrogen (secondary N) is 3. The number of ether oxygens (including phenoxy) is 1. The topological polar surface area (TPSA) is 121 Å². The van der Waals surface area contributed by atoms with Crippen LogP contribution in [0, 0.1) is 24.2 Å². The summed E-state index contributed by atoms with van der Waals surface area (Å²) in [6.45, 7) is 6.53. The Kier molecular flexibility index (Phi) is 9.68. The molecule has 1 aromatic carbocycles. The van der Waals surface area contributed by atoms with Gasteiger partial charge in [0.15, 0.2) is 5.78 Å². The largest absolute Gasteiger partial charge is 0.496 e. The standard InChI is InChI=1S/C21H22N4O5.C4H10/c1-3-19(27)25(11-13-7-8-22-20(13)28)12-14(26)10-23-21(29)17-9-15-16(24-17)5-4-6-18(15)30-2;1-4(2)3/h1,4-6,9,13,24H,7-8,10-12H2,2H3,(H,22,28)(H,23,29);4H,1-3H3. The minimum atomic E-state index is -0.669. The van der Waals surface area contributed by atoms with E-state index in [1.54, 1.807) is 25.3 Å². The van der Waals surface area contributed by atoms with Crippen molar-refractivity contribution in [1.29, 1.82) is 0 Å². The third-order valence-electron chi connectivity index (χ3n) is 4.92. The van der Waals surface area contributed by atoms with Crippen LogP contribution in [0.2, 0.25) is 0 Å². The lowest BCUT2D eigenvalue weighted by atomic mass is 10.1. The van der Waals surface area contributed by atoms with Crippen molar-refractivity contribution in [3.8, 4) is 18.1 Å².